The van der Waals surface area contributed by atoms with E-state index in [9.17, 15) is 13.2 Å². The van der Waals surface area contributed by atoms with Crippen LogP contribution in [0.5, 0.6) is 0 Å². The van der Waals surface area contributed by atoms with Gasteiger partial charge < -0.3 is 5.73 Å². The Balaban J connectivity index is 2.24. The Morgan fingerprint density at radius 1 is 1.50 bits per heavy atom. The molecule has 2 N–H and O–H groups in total. The van der Waals surface area contributed by atoms with E-state index in [0.29, 0.717) is 12.3 Å². The van der Waals surface area contributed by atoms with E-state index >= 15 is 0 Å². The largest absolute Gasteiger partial charge is 0.441 e. The zero-order chi connectivity index (χ0) is 10.8. The molecule has 0 radical (unpaired) electrons. The highest BCUT2D eigenvalue weighted by atomic mass is 32.2. The van der Waals surface area contributed by atoms with Crippen LogP contribution >= 0.6 is 11.8 Å². The molecule has 0 heterocycles. The minimum atomic E-state index is -4.11. The molecular weight excluding hydrogens is 211 g/mol. The second kappa shape index (κ2) is 4.31. The smallest absolute Gasteiger partial charge is 0.325 e. The molecule has 0 bridgehead atoms. The summed E-state index contributed by atoms with van der Waals surface area (Å²) in [7, 11) is 0. The topological polar surface area (TPSA) is 26.0 Å². The van der Waals surface area contributed by atoms with Crippen molar-refractivity contribution in [1.29, 1.82) is 0 Å². The molecule has 14 heavy (non-hydrogen) atoms. The Morgan fingerprint density at radius 3 is 2.57 bits per heavy atom. The number of nitrogens with two attached hydrogens (primary N) is 1. The molecule has 2 unspecified atom stereocenters. The Hall–Kier alpha value is 0.100. The van der Waals surface area contributed by atoms with Crippen molar-refractivity contribution >= 4 is 11.8 Å². The molecule has 1 aliphatic rings. The van der Waals surface area contributed by atoms with E-state index < -0.39 is 5.51 Å². The zero-order valence-corrected chi connectivity index (χ0v) is 9.05. The van der Waals surface area contributed by atoms with Crippen LogP contribution in [0.3, 0.4) is 0 Å². The summed E-state index contributed by atoms with van der Waals surface area (Å²) in [5, 5.41) is 0. The van der Waals surface area contributed by atoms with E-state index in [1.807, 2.05) is 0 Å². The van der Waals surface area contributed by atoms with Crippen LogP contribution in [0.2, 0.25) is 0 Å². The Kier molecular flexibility index (Phi) is 3.75. The molecule has 0 amide bonds. The van der Waals surface area contributed by atoms with Crippen molar-refractivity contribution in [2.24, 2.45) is 11.7 Å². The number of hydrogen-bond acceptors (Lipinski definition) is 2. The second-order valence-corrected chi connectivity index (χ2v) is 5.41. The number of rotatable bonds is 3. The van der Waals surface area contributed by atoms with Gasteiger partial charge in [-0.3, -0.25) is 0 Å². The molecule has 0 aromatic carbocycles. The van der Waals surface area contributed by atoms with Crippen LogP contribution in [-0.4, -0.2) is 16.8 Å². The van der Waals surface area contributed by atoms with Gasteiger partial charge in [0.25, 0.3) is 0 Å². The lowest BCUT2D eigenvalue weighted by atomic mass is 9.95. The van der Waals surface area contributed by atoms with E-state index in [1.165, 1.54) is 0 Å². The summed E-state index contributed by atoms with van der Waals surface area (Å²) in [5.41, 5.74) is 1.55. The summed E-state index contributed by atoms with van der Waals surface area (Å²) >= 11 is 0.0402. The first kappa shape index (κ1) is 12.2. The van der Waals surface area contributed by atoms with Gasteiger partial charge in [0.15, 0.2) is 0 Å². The van der Waals surface area contributed by atoms with Crippen molar-refractivity contribution in [3.63, 3.8) is 0 Å². The molecule has 1 saturated carbocycles. The van der Waals surface area contributed by atoms with Crippen LogP contribution in [0.25, 0.3) is 0 Å². The predicted molar refractivity (Wildman–Crippen MR) is 53.1 cm³/mol. The molecule has 2 atom stereocenters. The Labute approximate surface area is 86.6 Å². The van der Waals surface area contributed by atoms with E-state index in [2.05, 4.69) is 6.92 Å². The quantitative estimate of drug-likeness (QED) is 0.801. The fraction of sp³-hybridized carbons (Fsp3) is 1.00. The molecule has 0 saturated heterocycles. The molecule has 0 aromatic rings. The first-order valence-corrected chi connectivity index (χ1v) is 5.79. The van der Waals surface area contributed by atoms with Crippen molar-refractivity contribution in [3.05, 3.63) is 0 Å². The number of hydrogen-bond donors (Lipinski definition) is 1. The maximum absolute atomic E-state index is 11.9. The summed E-state index contributed by atoms with van der Waals surface area (Å²) in [6.07, 6.45) is 3.26. The molecule has 84 valence electrons. The van der Waals surface area contributed by atoms with Crippen LogP contribution in [0, 0.1) is 5.92 Å². The van der Waals surface area contributed by atoms with Crippen molar-refractivity contribution in [2.45, 2.75) is 43.7 Å². The van der Waals surface area contributed by atoms with Gasteiger partial charge in [0, 0.05) is 11.3 Å². The molecule has 0 aromatic heterocycles. The predicted octanol–water partition coefficient (Wildman–Crippen LogP) is 3.15. The third-order valence-electron chi connectivity index (χ3n) is 2.76. The van der Waals surface area contributed by atoms with Crippen molar-refractivity contribution in [1.82, 2.24) is 0 Å². The third kappa shape index (κ3) is 4.09. The van der Waals surface area contributed by atoms with Crippen molar-refractivity contribution in [3.8, 4) is 0 Å². The van der Waals surface area contributed by atoms with Crippen LogP contribution in [0.4, 0.5) is 13.2 Å². The molecular formula is C9H16F3NS. The third-order valence-corrected chi connectivity index (χ3v) is 3.49. The van der Waals surface area contributed by atoms with Gasteiger partial charge >= 0.3 is 5.51 Å². The SMILES string of the molecule is CC1CCC(N)(CCSC(F)(F)F)C1. The van der Waals surface area contributed by atoms with Crippen molar-refractivity contribution in [2.75, 3.05) is 5.75 Å². The van der Waals surface area contributed by atoms with Crippen LogP contribution in [-0.2, 0) is 0 Å². The monoisotopic (exact) mass is 227 g/mol. The fourth-order valence-electron chi connectivity index (χ4n) is 2.03. The molecule has 0 spiro atoms. The average Bonchev–Trinajstić information content (AvgIpc) is 2.28. The first-order chi connectivity index (χ1) is 6.31. The van der Waals surface area contributed by atoms with Crippen LogP contribution in [0.1, 0.15) is 32.6 Å². The van der Waals surface area contributed by atoms with E-state index in [-0.39, 0.29) is 23.1 Å². The lowest BCUT2D eigenvalue weighted by Gasteiger charge is -2.23. The van der Waals surface area contributed by atoms with E-state index in [0.717, 1.165) is 19.3 Å². The summed E-state index contributed by atoms with van der Waals surface area (Å²) in [4.78, 5) is 0. The van der Waals surface area contributed by atoms with Crippen LogP contribution < -0.4 is 5.73 Å². The van der Waals surface area contributed by atoms with Gasteiger partial charge in [-0.05, 0) is 31.6 Å². The molecule has 1 rings (SSSR count). The second-order valence-electron chi connectivity index (χ2n) is 4.25. The summed E-state index contributed by atoms with van der Waals surface area (Å²) in [6.45, 7) is 2.10. The highest BCUT2D eigenvalue weighted by Crippen LogP contribution is 2.38. The summed E-state index contributed by atoms with van der Waals surface area (Å²) < 4.78 is 35.6. The van der Waals surface area contributed by atoms with E-state index in [1.54, 1.807) is 0 Å². The summed E-state index contributed by atoms with van der Waals surface area (Å²) in [5.74, 6) is 0.656. The number of thioether (sulfide) groups is 1. The van der Waals surface area contributed by atoms with Gasteiger partial charge in [0.2, 0.25) is 0 Å². The van der Waals surface area contributed by atoms with Crippen molar-refractivity contribution < 1.29 is 13.2 Å². The molecule has 0 aliphatic heterocycles. The lowest BCUT2D eigenvalue weighted by Crippen LogP contribution is -2.37. The van der Waals surface area contributed by atoms with Gasteiger partial charge in [0.05, 0.1) is 0 Å². The lowest BCUT2D eigenvalue weighted by molar-refractivity contribution is -0.0328. The summed E-state index contributed by atoms with van der Waals surface area (Å²) in [6, 6.07) is 0. The normalized spacial score (nSPS) is 33.6. The maximum atomic E-state index is 11.9. The van der Waals surface area contributed by atoms with E-state index in [4.69, 9.17) is 5.73 Å². The first-order valence-electron chi connectivity index (χ1n) is 4.80. The fourth-order valence-corrected chi connectivity index (χ4v) is 2.77. The van der Waals surface area contributed by atoms with Gasteiger partial charge in [-0.25, -0.2) is 0 Å². The van der Waals surface area contributed by atoms with Gasteiger partial charge in [0.1, 0.15) is 0 Å². The highest BCUT2D eigenvalue weighted by molar-refractivity contribution is 8.00. The molecule has 1 aliphatic carbocycles. The minimum Gasteiger partial charge on any atom is -0.325 e. The maximum Gasteiger partial charge on any atom is 0.441 e. The zero-order valence-electron chi connectivity index (χ0n) is 8.23. The van der Waals surface area contributed by atoms with Crippen LogP contribution in [0.15, 0.2) is 0 Å². The number of alkyl halides is 3. The minimum absolute atomic E-state index is 0.0402. The molecule has 1 nitrogen and oxygen atoms in total. The number of halogens is 3. The Bertz CT molecular complexity index is 195. The molecule has 5 heteroatoms. The highest BCUT2D eigenvalue weighted by Gasteiger charge is 2.35. The average molecular weight is 227 g/mol. The van der Waals surface area contributed by atoms with Gasteiger partial charge in [-0.2, -0.15) is 13.2 Å². The standard InChI is InChI=1S/C9H16F3NS/c1-7-2-3-8(13,6-7)4-5-14-9(10,11)12/h7H,2-6,13H2,1H3. The van der Waals surface area contributed by atoms with Gasteiger partial charge in [-0.15, -0.1) is 0 Å². The Morgan fingerprint density at radius 2 is 2.14 bits per heavy atom. The van der Waals surface area contributed by atoms with Gasteiger partial charge in [-0.1, -0.05) is 18.7 Å². The molecule has 1 fully saturated rings.